The highest BCUT2D eigenvalue weighted by Gasteiger charge is 2.42. The standard InChI is InChI=1S/C19H26N4O2/c1-3-18-20-19(25-21-18)14(2)23-12-16-17(13-23)24-10-9-22(16)11-15-7-5-4-6-8-15/h4-8,14,16-17H,3,9-13H2,1-2H3/t14-,16-,17-/m0/s1. The maximum atomic E-state index is 6.06. The van der Waals surface area contributed by atoms with Gasteiger partial charge in [0.15, 0.2) is 5.82 Å². The molecule has 6 nitrogen and oxygen atoms in total. The molecule has 134 valence electrons. The van der Waals surface area contributed by atoms with Crippen LogP contribution in [0.2, 0.25) is 0 Å². The molecule has 0 radical (unpaired) electrons. The van der Waals surface area contributed by atoms with Gasteiger partial charge in [0.2, 0.25) is 5.89 Å². The van der Waals surface area contributed by atoms with E-state index in [1.54, 1.807) is 0 Å². The molecule has 3 atom stereocenters. The van der Waals surface area contributed by atoms with E-state index in [4.69, 9.17) is 9.26 Å². The van der Waals surface area contributed by atoms with E-state index in [1.165, 1.54) is 5.56 Å². The van der Waals surface area contributed by atoms with Gasteiger partial charge >= 0.3 is 0 Å². The fraction of sp³-hybridized carbons (Fsp3) is 0.579. The molecule has 2 aliphatic heterocycles. The van der Waals surface area contributed by atoms with Gasteiger partial charge in [-0.3, -0.25) is 9.80 Å². The smallest absolute Gasteiger partial charge is 0.243 e. The molecule has 3 heterocycles. The van der Waals surface area contributed by atoms with E-state index in [1.807, 2.05) is 6.92 Å². The topological polar surface area (TPSA) is 54.6 Å². The van der Waals surface area contributed by atoms with Crippen LogP contribution in [0.4, 0.5) is 0 Å². The molecule has 0 spiro atoms. The largest absolute Gasteiger partial charge is 0.374 e. The van der Waals surface area contributed by atoms with E-state index >= 15 is 0 Å². The minimum Gasteiger partial charge on any atom is -0.374 e. The molecule has 0 bridgehead atoms. The van der Waals surface area contributed by atoms with Gasteiger partial charge < -0.3 is 9.26 Å². The normalized spacial score (nSPS) is 25.8. The number of hydrogen-bond donors (Lipinski definition) is 0. The quantitative estimate of drug-likeness (QED) is 0.831. The average molecular weight is 342 g/mol. The predicted molar refractivity (Wildman–Crippen MR) is 94.0 cm³/mol. The van der Waals surface area contributed by atoms with Crippen molar-refractivity contribution in [3.63, 3.8) is 0 Å². The lowest BCUT2D eigenvalue weighted by Gasteiger charge is -2.37. The molecule has 2 saturated heterocycles. The molecular formula is C19H26N4O2. The van der Waals surface area contributed by atoms with Crippen molar-refractivity contribution >= 4 is 0 Å². The zero-order chi connectivity index (χ0) is 17.2. The Hall–Kier alpha value is -1.76. The number of rotatable bonds is 5. The van der Waals surface area contributed by atoms with E-state index in [0.29, 0.717) is 11.9 Å². The van der Waals surface area contributed by atoms with Crippen LogP contribution in [0.15, 0.2) is 34.9 Å². The van der Waals surface area contributed by atoms with E-state index in [-0.39, 0.29) is 12.1 Å². The Labute approximate surface area is 148 Å². The molecule has 0 saturated carbocycles. The van der Waals surface area contributed by atoms with Crippen molar-refractivity contribution in [3.8, 4) is 0 Å². The highest BCUT2D eigenvalue weighted by atomic mass is 16.5. The first-order valence-corrected chi connectivity index (χ1v) is 9.20. The Balaban J connectivity index is 1.45. The summed E-state index contributed by atoms with van der Waals surface area (Å²) in [4.78, 5) is 9.47. The number of hydrogen-bond acceptors (Lipinski definition) is 6. The molecule has 0 aliphatic carbocycles. The summed E-state index contributed by atoms with van der Waals surface area (Å²) in [6.07, 6.45) is 1.06. The van der Waals surface area contributed by atoms with Gasteiger partial charge in [-0.15, -0.1) is 0 Å². The van der Waals surface area contributed by atoms with Gasteiger partial charge in [-0.2, -0.15) is 4.98 Å². The molecule has 0 N–H and O–H groups in total. The molecule has 2 aliphatic rings. The number of nitrogens with zero attached hydrogens (tertiary/aromatic N) is 4. The summed E-state index contributed by atoms with van der Waals surface area (Å²) in [5, 5.41) is 4.03. The third-order valence-electron chi connectivity index (χ3n) is 5.38. The van der Waals surface area contributed by atoms with Crippen LogP contribution in [0.1, 0.15) is 37.2 Å². The second-order valence-electron chi connectivity index (χ2n) is 6.96. The van der Waals surface area contributed by atoms with Crippen LogP contribution in [0, 0.1) is 0 Å². The Morgan fingerprint density at radius 1 is 1.24 bits per heavy atom. The summed E-state index contributed by atoms with van der Waals surface area (Å²) < 4.78 is 11.5. The molecule has 0 unspecified atom stereocenters. The fourth-order valence-electron chi connectivity index (χ4n) is 3.85. The highest BCUT2D eigenvalue weighted by Crippen LogP contribution is 2.30. The van der Waals surface area contributed by atoms with Crippen LogP contribution in [0.25, 0.3) is 0 Å². The monoisotopic (exact) mass is 342 g/mol. The fourth-order valence-corrected chi connectivity index (χ4v) is 3.85. The van der Waals surface area contributed by atoms with Gasteiger partial charge in [0, 0.05) is 32.6 Å². The Morgan fingerprint density at radius 3 is 2.84 bits per heavy atom. The molecule has 25 heavy (non-hydrogen) atoms. The molecule has 0 amide bonds. The van der Waals surface area contributed by atoms with Crippen molar-refractivity contribution in [2.45, 2.75) is 45.0 Å². The van der Waals surface area contributed by atoms with Crippen molar-refractivity contribution in [2.24, 2.45) is 0 Å². The molecule has 1 aromatic carbocycles. The number of aryl methyl sites for hydroxylation is 1. The third-order valence-corrected chi connectivity index (χ3v) is 5.38. The van der Waals surface area contributed by atoms with Crippen LogP contribution >= 0.6 is 0 Å². The molecular weight excluding hydrogens is 316 g/mol. The minimum absolute atomic E-state index is 0.126. The number of morpholine rings is 1. The van der Waals surface area contributed by atoms with E-state index < -0.39 is 0 Å². The maximum absolute atomic E-state index is 6.06. The Morgan fingerprint density at radius 2 is 2.08 bits per heavy atom. The van der Waals surface area contributed by atoms with E-state index in [9.17, 15) is 0 Å². The number of ether oxygens (including phenoxy) is 1. The van der Waals surface area contributed by atoms with Crippen LogP contribution < -0.4 is 0 Å². The van der Waals surface area contributed by atoms with Gasteiger partial charge in [0.05, 0.1) is 24.8 Å². The zero-order valence-corrected chi connectivity index (χ0v) is 15.0. The summed E-state index contributed by atoms with van der Waals surface area (Å²) in [6.45, 7) is 8.85. The number of benzene rings is 1. The lowest BCUT2D eigenvalue weighted by molar-refractivity contribution is -0.0505. The van der Waals surface area contributed by atoms with Gasteiger partial charge in [-0.05, 0) is 12.5 Å². The average Bonchev–Trinajstić information content (AvgIpc) is 3.29. The van der Waals surface area contributed by atoms with Gasteiger partial charge in [-0.25, -0.2) is 0 Å². The summed E-state index contributed by atoms with van der Waals surface area (Å²) in [5.41, 5.74) is 1.36. The van der Waals surface area contributed by atoms with Gasteiger partial charge in [-0.1, -0.05) is 42.4 Å². The van der Waals surface area contributed by atoms with Gasteiger partial charge in [0.1, 0.15) is 0 Å². The van der Waals surface area contributed by atoms with E-state index in [0.717, 1.165) is 45.0 Å². The van der Waals surface area contributed by atoms with Crippen LogP contribution in [0.5, 0.6) is 0 Å². The first-order valence-electron chi connectivity index (χ1n) is 9.20. The van der Waals surface area contributed by atoms with Crippen molar-refractivity contribution in [3.05, 3.63) is 47.6 Å². The van der Waals surface area contributed by atoms with Gasteiger partial charge in [0.25, 0.3) is 0 Å². The SMILES string of the molecule is CCc1noc([C@H](C)N2C[C@@H]3OCCN(Cc4ccccc4)[C@H]3C2)n1. The summed E-state index contributed by atoms with van der Waals surface area (Å²) in [5.74, 6) is 1.49. The third kappa shape index (κ3) is 3.47. The van der Waals surface area contributed by atoms with Crippen molar-refractivity contribution in [1.82, 2.24) is 19.9 Å². The predicted octanol–water partition coefficient (Wildman–Crippen LogP) is 2.28. The lowest BCUT2D eigenvalue weighted by atomic mass is 10.1. The zero-order valence-electron chi connectivity index (χ0n) is 15.0. The molecule has 6 heteroatoms. The molecule has 2 aromatic rings. The molecule has 2 fully saturated rings. The van der Waals surface area contributed by atoms with Crippen molar-refractivity contribution < 1.29 is 9.26 Å². The summed E-state index contributed by atoms with van der Waals surface area (Å²) in [6, 6.07) is 11.2. The van der Waals surface area contributed by atoms with Crippen molar-refractivity contribution in [2.75, 3.05) is 26.2 Å². The maximum Gasteiger partial charge on any atom is 0.243 e. The number of fused-ring (bicyclic) bond motifs is 1. The first kappa shape index (κ1) is 16.7. The number of aromatic nitrogens is 2. The van der Waals surface area contributed by atoms with Crippen LogP contribution in [-0.2, 0) is 17.7 Å². The second-order valence-corrected chi connectivity index (χ2v) is 6.96. The minimum atomic E-state index is 0.126. The summed E-state index contributed by atoms with van der Waals surface area (Å²) in [7, 11) is 0. The molecule has 1 aromatic heterocycles. The van der Waals surface area contributed by atoms with Crippen LogP contribution in [0.3, 0.4) is 0 Å². The van der Waals surface area contributed by atoms with E-state index in [2.05, 4.69) is 57.2 Å². The van der Waals surface area contributed by atoms with Crippen molar-refractivity contribution in [1.29, 1.82) is 0 Å². The highest BCUT2D eigenvalue weighted by molar-refractivity contribution is 5.15. The lowest BCUT2D eigenvalue weighted by Crippen LogP contribution is -2.50. The Kier molecular flexibility index (Phi) is 4.83. The second kappa shape index (κ2) is 7.23. The summed E-state index contributed by atoms with van der Waals surface area (Å²) >= 11 is 0. The Bertz CT molecular complexity index is 690. The first-order chi connectivity index (χ1) is 12.2. The molecule has 4 rings (SSSR count). The van der Waals surface area contributed by atoms with Crippen LogP contribution in [-0.4, -0.2) is 58.3 Å². The number of likely N-dealkylation sites (tertiary alicyclic amines) is 1.